The third-order valence-corrected chi connectivity index (χ3v) is 2.55. The Kier molecular flexibility index (Phi) is 3.17. The maximum Gasteiger partial charge on any atom is 0.0951 e. The predicted molar refractivity (Wildman–Crippen MR) is 64.9 cm³/mol. The molecule has 2 rings (SSSR count). The molecule has 1 atom stereocenters. The van der Waals surface area contributed by atoms with Gasteiger partial charge >= 0.3 is 0 Å². The van der Waals surface area contributed by atoms with Gasteiger partial charge in [0.25, 0.3) is 0 Å². The Morgan fingerprint density at radius 1 is 1.38 bits per heavy atom. The second-order valence-electron chi connectivity index (χ2n) is 3.65. The Morgan fingerprint density at radius 2 is 2.12 bits per heavy atom. The molecule has 82 valence electrons. The summed E-state index contributed by atoms with van der Waals surface area (Å²) in [4.78, 5) is 4.12. The smallest absolute Gasteiger partial charge is 0.0951 e. The van der Waals surface area contributed by atoms with E-state index in [-0.39, 0.29) is 6.04 Å². The van der Waals surface area contributed by atoms with Gasteiger partial charge in [-0.05, 0) is 5.56 Å². The molecule has 0 bridgehead atoms. The molecule has 16 heavy (non-hydrogen) atoms. The van der Waals surface area contributed by atoms with Crippen LogP contribution in [-0.4, -0.2) is 9.55 Å². The zero-order chi connectivity index (χ0) is 11.4. The summed E-state index contributed by atoms with van der Waals surface area (Å²) in [5, 5.41) is 0. The monoisotopic (exact) mass is 213 g/mol. The van der Waals surface area contributed by atoms with E-state index in [1.54, 1.807) is 12.5 Å². The molecule has 0 saturated carbocycles. The molecule has 0 saturated heterocycles. The lowest BCUT2D eigenvalue weighted by molar-refractivity contribution is 0.707. The number of hydrogen-bond donors (Lipinski definition) is 1. The van der Waals surface area contributed by atoms with E-state index in [4.69, 9.17) is 5.73 Å². The fraction of sp³-hybridized carbons (Fsp3) is 0.154. The van der Waals surface area contributed by atoms with Gasteiger partial charge in [0.1, 0.15) is 0 Å². The largest absolute Gasteiger partial charge is 0.329 e. The maximum atomic E-state index is 6.20. The third-order valence-electron chi connectivity index (χ3n) is 2.55. The van der Waals surface area contributed by atoms with E-state index in [2.05, 4.69) is 11.6 Å². The average Bonchev–Trinajstić information content (AvgIpc) is 2.78. The number of imidazole rings is 1. The lowest BCUT2D eigenvalue weighted by Gasteiger charge is -2.13. The van der Waals surface area contributed by atoms with Crippen molar-refractivity contribution < 1.29 is 0 Å². The average molecular weight is 213 g/mol. The van der Waals surface area contributed by atoms with Crippen LogP contribution in [0.3, 0.4) is 0 Å². The number of aromatic nitrogens is 2. The Morgan fingerprint density at radius 3 is 2.81 bits per heavy atom. The van der Waals surface area contributed by atoms with E-state index in [1.807, 2.05) is 41.0 Å². The second-order valence-corrected chi connectivity index (χ2v) is 3.65. The topological polar surface area (TPSA) is 43.8 Å². The van der Waals surface area contributed by atoms with Gasteiger partial charge in [-0.25, -0.2) is 4.98 Å². The maximum absolute atomic E-state index is 6.20. The Balaban J connectivity index is 2.30. The van der Waals surface area contributed by atoms with Crippen molar-refractivity contribution in [3.63, 3.8) is 0 Å². The van der Waals surface area contributed by atoms with Crippen molar-refractivity contribution in [2.24, 2.45) is 5.73 Å². The van der Waals surface area contributed by atoms with Gasteiger partial charge in [-0.3, -0.25) is 0 Å². The Labute approximate surface area is 95.2 Å². The molecule has 0 aliphatic carbocycles. The van der Waals surface area contributed by atoms with Crippen LogP contribution >= 0.6 is 0 Å². The highest BCUT2D eigenvalue weighted by molar-refractivity contribution is 5.26. The minimum absolute atomic E-state index is 0.136. The Bertz CT molecular complexity index is 459. The number of hydrogen-bond acceptors (Lipinski definition) is 2. The number of nitrogens with zero attached hydrogens (tertiary/aromatic N) is 2. The SMILES string of the molecule is C=CCn1cncc1C(N)c1ccccc1. The first-order valence-corrected chi connectivity index (χ1v) is 5.24. The molecule has 1 aromatic carbocycles. The van der Waals surface area contributed by atoms with Crippen LogP contribution in [0.1, 0.15) is 17.3 Å². The molecule has 2 N–H and O–H groups in total. The highest BCUT2D eigenvalue weighted by atomic mass is 15.1. The van der Waals surface area contributed by atoms with Crippen molar-refractivity contribution in [2.45, 2.75) is 12.6 Å². The van der Waals surface area contributed by atoms with Gasteiger partial charge in [0.05, 0.1) is 24.3 Å². The second kappa shape index (κ2) is 4.77. The quantitative estimate of drug-likeness (QED) is 0.790. The number of allylic oxidation sites excluding steroid dienone is 1. The molecule has 1 heterocycles. The van der Waals surface area contributed by atoms with Gasteiger partial charge in [0.15, 0.2) is 0 Å². The van der Waals surface area contributed by atoms with Crippen molar-refractivity contribution in [2.75, 3.05) is 0 Å². The van der Waals surface area contributed by atoms with Crippen LogP contribution in [0.4, 0.5) is 0 Å². The standard InChI is InChI=1S/C13H15N3/c1-2-8-16-10-15-9-12(16)13(14)11-6-4-3-5-7-11/h2-7,9-10,13H,1,8,14H2. The molecule has 1 aromatic heterocycles. The van der Waals surface area contributed by atoms with Crippen molar-refractivity contribution in [1.29, 1.82) is 0 Å². The molecular formula is C13H15N3. The molecule has 0 aliphatic rings. The molecule has 0 spiro atoms. The summed E-state index contributed by atoms with van der Waals surface area (Å²) < 4.78 is 2.00. The third kappa shape index (κ3) is 2.04. The summed E-state index contributed by atoms with van der Waals surface area (Å²) in [6.45, 7) is 4.45. The van der Waals surface area contributed by atoms with Gasteiger partial charge in [0, 0.05) is 6.54 Å². The van der Waals surface area contributed by atoms with E-state index >= 15 is 0 Å². The molecule has 3 nitrogen and oxygen atoms in total. The molecule has 2 aromatic rings. The van der Waals surface area contributed by atoms with Crippen molar-refractivity contribution >= 4 is 0 Å². The van der Waals surface area contributed by atoms with Crippen LogP contribution in [0.25, 0.3) is 0 Å². The zero-order valence-electron chi connectivity index (χ0n) is 9.08. The molecule has 1 unspecified atom stereocenters. The van der Waals surface area contributed by atoms with Crippen LogP contribution in [0.15, 0.2) is 55.5 Å². The summed E-state index contributed by atoms with van der Waals surface area (Å²) in [5.41, 5.74) is 8.29. The highest BCUT2D eigenvalue weighted by Gasteiger charge is 2.12. The van der Waals surface area contributed by atoms with Gasteiger partial charge < -0.3 is 10.3 Å². The molecule has 0 radical (unpaired) electrons. The molecule has 0 fully saturated rings. The van der Waals surface area contributed by atoms with Crippen LogP contribution in [0, 0.1) is 0 Å². The minimum atomic E-state index is -0.136. The summed E-state index contributed by atoms with van der Waals surface area (Å²) in [6, 6.07) is 9.87. The van der Waals surface area contributed by atoms with Crippen LogP contribution in [-0.2, 0) is 6.54 Å². The summed E-state index contributed by atoms with van der Waals surface area (Å²) in [5.74, 6) is 0. The van der Waals surface area contributed by atoms with Crippen LogP contribution in [0.5, 0.6) is 0 Å². The fourth-order valence-corrected chi connectivity index (χ4v) is 1.71. The summed E-state index contributed by atoms with van der Waals surface area (Å²) in [6.07, 6.45) is 5.42. The minimum Gasteiger partial charge on any atom is -0.329 e. The van der Waals surface area contributed by atoms with E-state index in [1.165, 1.54) is 0 Å². The van der Waals surface area contributed by atoms with E-state index in [0.29, 0.717) is 0 Å². The number of rotatable bonds is 4. The number of benzene rings is 1. The van der Waals surface area contributed by atoms with Crippen LogP contribution in [0.2, 0.25) is 0 Å². The first-order valence-electron chi connectivity index (χ1n) is 5.24. The van der Waals surface area contributed by atoms with Crippen molar-refractivity contribution in [3.05, 3.63) is 66.8 Å². The fourth-order valence-electron chi connectivity index (χ4n) is 1.71. The Hall–Kier alpha value is -1.87. The summed E-state index contributed by atoms with van der Waals surface area (Å²) >= 11 is 0. The molecule has 3 heteroatoms. The van der Waals surface area contributed by atoms with Gasteiger partial charge in [-0.15, -0.1) is 6.58 Å². The highest BCUT2D eigenvalue weighted by Crippen LogP contribution is 2.18. The zero-order valence-corrected chi connectivity index (χ0v) is 9.08. The van der Waals surface area contributed by atoms with Gasteiger partial charge in [-0.2, -0.15) is 0 Å². The molecule has 0 aliphatic heterocycles. The normalized spacial score (nSPS) is 12.3. The molecular weight excluding hydrogens is 198 g/mol. The summed E-state index contributed by atoms with van der Waals surface area (Å²) in [7, 11) is 0. The molecule has 0 amide bonds. The van der Waals surface area contributed by atoms with Crippen molar-refractivity contribution in [1.82, 2.24) is 9.55 Å². The predicted octanol–water partition coefficient (Wildman–Crippen LogP) is 2.12. The van der Waals surface area contributed by atoms with Crippen LogP contribution < -0.4 is 5.73 Å². The van der Waals surface area contributed by atoms with Gasteiger partial charge in [0.2, 0.25) is 0 Å². The van der Waals surface area contributed by atoms with E-state index in [0.717, 1.165) is 17.8 Å². The first kappa shape index (κ1) is 10.6. The van der Waals surface area contributed by atoms with Crippen molar-refractivity contribution in [3.8, 4) is 0 Å². The van der Waals surface area contributed by atoms with Gasteiger partial charge in [-0.1, -0.05) is 36.4 Å². The van der Waals surface area contributed by atoms with E-state index < -0.39 is 0 Å². The number of nitrogens with two attached hydrogens (primary N) is 1. The lowest BCUT2D eigenvalue weighted by atomic mass is 10.1. The first-order chi connectivity index (χ1) is 7.83. The van der Waals surface area contributed by atoms with E-state index in [9.17, 15) is 0 Å². The lowest BCUT2D eigenvalue weighted by Crippen LogP contribution is -2.16.